The minimum atomic E-state index is 0.723. The highest BCUT2D eigenvalue weighted by Gasteiger charge is 2.22. The average Bonchev–Trinajstić information content (AvgIpc) is 3.02. The Morgan fingerprint density at radius 3 is 2.71 bits per heavy atom. The van der Waals surface area contributed by atoms with Gasteiger partial charge in [0.2, 0.25) is 0 Å². The summed E-state index contributed by atoms with van der Waals surface area (Å²) in [5, 5.41) is 4.44. The minimum absolute atomic E-state index is 0.723. The number of benzene rings is 1. The topological polar surface area (TPSA) is 16.9 Å². The van der Waals surface area contributed by atoms with Crippen molar-refractivity contribution in [1.82, 2.24) is 0 Å². The second kappa shape index (κ2) is 6.96. The molecule has 1 aromatic heterocycles. The van der Waals surface area contributed by atoms with Gasteiger partial charge in [0.25, 0.3) is 0 Å². The van der Waals surface area contributed by atoms with E-state index in [-0.39, 0.29) is 0 Å². The summed E-state index contributed by atoms with van der Waals surface area (Å²) in [6.45, 7) is 8.50. The van der Waals surface area contributed by atoms with Crippen molar-refractivity contribution in [2.75, 3.05) is 37.7 Å². The second-order valence-corrected chi connectivity index (χ2v) is 6.23. The first-order valence-electron chi connectivity index (χ1n) is 7.68. The largest absolute Gasteiger partial charge is 0.492 e. The van der Waals surface area contributed by atoms with Crippen LogP contribution in [0.3, 0.4) is 0 Å². The molecule has 0 saturated carbocycles. The zero-order valence-electron chi connectivity index (χ0n) is 12.5. The van der Waals surface area contributed by atoms with E-state index < -0.39 is 0 Å². The van der Waals surface area contributed by atoms with E-state index in [0.717, 1.165) is 32.0 Å². The second-order valence-electron chi connectivity index (χ2n) is 5.45. The molecule has 3 nitrogen and oxygen atoms in total. The van der Waals surface area contributed by atoms with E-state index in [4.69, 9.17) is 4.74 Å². The fraction of sp³-hybridized carbons (Fsp3) is 0.412. The van der Waals surface area contributed by atoms with Gasteiger partial charge in [-0.25, -0.2) is 0 Å². The molecule has 0 aliphatic carbocycles. The first-order valence-corrected chi connectivity index (χ1v) is 8.62. The maximum absolute atomic E-state index is 5.76. The van der Waals surface area contributed by atoms with Gasteiger partial charge in [-0.2, -0.15) is 11.3 Å². The van der Waals surface area contributed by atoms with E-state index in [1.807, 2.05) is 13.0 Å². The molecule has 0 bridgehead atoms. The number of thiophene rings is 1. The molecule has 1 fully saturated rings. The lowest BCUT2D eigenvalue weighted by molar-refractivity contribution is -0.914. The van der Waals surface area contributed by atoms with Crippen LogP contribution in [0.1, 0.15) is 12.5 Å². The summed E-state index contributed by atoms with van der Waals surface area (Å²) in [6, 6.07) is 10.6. The highest BCUT2D eigenvalue weighted by Crippen LogP contribution is 2.27. The van der Waals surface area contributed by atoms with E-state index in [1.165, 1.54) is 24.3 Å². The molecular weight excluding hydrogens is 280 g/mol. The number of anilines is 1. The molecule has 1 aromatic carbocycles. The highest BCUT2D eigenvalue weighted by atomic mass is 32.1. The van der Waals surface area contributed by atoms with E-state index >= 15 is 0 Å². The lowest BCUT2D eigenvalue weighted by Gasteiger charge is -2.34. The lowest BCUT2D eigenvalue weighted by atomic mass is 10.2. The maximum Gasteiger partial charge on any atom is 0.142 e. The molecule has 2 heterocycles. The molecule has 0 atom stereocenters. The Hall–Kier alpha value is -1.52. The molecule has 4 heteroatoms. The number of nitrogens with one attached hydrogen (secondary N) is 1. The molecular formula is C17H23N2OS+. The van der Waals surface area contributed by atoms with Gasteiger partial charge in [-0.1, -0.05) is 12.1 Å². The van der Waals surface area contributed by atoms with Crippen LogP contribution in [0.25, 0.3) is 0 Å². The molecule has 1 N–H and O–H groups in total. The summed E-state index contributed by atoms with van der Waals surface area (Å²) in [6.07, 6.45) is 0. The van der Waals surface area contributed by atoms with Gasteiger partial charge in [-0.05, 0) is 35.9 Å². The first kappa shape index (κ1) is 14.4. The molecule has 0 unspecified atom stereocenters. The van der Waals surface area contributed by atoms with Gasteiger partial charge in [-0.15, -0.1) is 0 Å². The molecule has 2 aromatic rings. The predicted octanol–water partition coefficient (Wildman–Crippen LogP) is 2.05. The Bertz CT molecular complexity index is 548. The van der Waals surface area contributed by atoms with Crippen LogP contribution >= 0.6 is 11.3 Å². The molecule has 1 aliphatic heterocycles. The Labute approximate surface area is 130 Å². The zero-order chi connectivity index (χ0) is 14.5. The van der Waals surface area contributed by atoms with Gasteiger partial charge < -0.3 is 14.5 Å². The van der Waals surface area contributed by atoms with Gasteiger partial charge in [0.05, 0.1) is 38.5 Å². The SMILES string of the molecule is CCOc1ccccc1N1CC[NH+](Cc2ccsc2)CC1. The van der Waals surface area contributed by atoms with Crippen molar-refractivity contribution in [3.63, 3.8) is 0 Å². The predicted molar refractivity (Wildman–Crippen MR) is 88.5 cm³/mol. The van der Waals surface area contributed by atoms with Crippen LogP contribution in [0.2, 0.25) is 0 Å². The Kier molecular flexibility index (Phi) is 4.78. The van der Waals surface area contributed by atoms with Crippen molar-refractivity contribution in [3.05, 3.63) is 46.7 Å². The number of quaternary nitrogens is 1. The third-order valence-corrected chi connectivity index (χ3v) is 4.74. The number of ether oxygens (including phenoxy) is 1. The van der Waals surface area contributed by atoms with Gasteiger partial charge in [0.1, 0.15) is 12.3 Å². The van der Waals surface area contributed by atoms with Crippen LogP contribution in [-0.2, 0) is 6.54 Å². The fourth-order valence-corrected chi connectivity index (χ4v) is 3.59. The third-order valence-electron chi connectivity index (χ3n) is 4.01. The number of hydrogen-bond acceptors (Lipinski definition) is 3. The molecule has 1 aliphatic rings. The Balaban J connectivity index is 1.60. The van der Waals surface area contributed by atoms with E-state index in [0.29, 0.717) is 0 Å². The van der Waals surface area contributed by atoms with Crippen molar-refractivity contribution < 1.29 is 9.64 Å². The summed E-state index contributed by atoms with van der Waals surface area (Å²) in [7, 11) is 0. The Morgan fingerprint density at radius 1 is 1.19 bits per heavy atom. The van der Waals surface area contributed by atoms with Crippen molar-refractivity contribution in [1.29, 1.82) is 0 Å². The number of nitrogens with zero attached hydrogens (tertiary/aromatic N) is 1. The van der Waals surface area contributed by atoms with Gasteiger partial charge in [-0.3, -0.25) is 0 Å². The smallest absolute Gasteiger partial charge is 0.142 e. The molecule has 112 valence electrons. The summed E-state index contributed by atoms with van der Waals surface area (Å²) < 4.78 is 5.76. The highest BCUT2D eigenvalue weighted by molar-refractivity contribution is 7.07. The van der Waals surface area contributed by atoms with Crippen LogP contribution in [-0.4, -0.2) is 32.8 Å². The van der Waals surface area contributed by atoms with E-state index in [1.54, 1.807) is 16.2 Å². The van der Waals surface area contributed by atoms with Crippen LogP contribution in [0, 0.1) is 0 Å². The minimum Gasteiger partial charge on any atom is -0.492 e. The standard InChI is InChI=1S/C17H22N2OS/c1-2-20-17-6-4-3-5-16(17)19-10-8-18(9-11-19)13-15-7-12-21-14-15/h3-7,12,14H,2,8-11,13H2,1H3/p+1. The van der Waals surface area contributed by atoms with Gasteiger partial charge in [0, 0.05) is 5.56 Å². The average molecular weight is 303 g/mol. The summed E-state index contributed by atoms with van der Waals surface area (Å²) in [5.74, 6) is 1.02. The van der Waals surface area contributed by atoms with Crippen molar-refractivity contribution in [2.45, 2.75) is 13.5 Å². The summed E-state index contributed by atoms with van der Waals surface area (Å²) >= 11 is 1.79. The zero-order valence-corrected chi connectivity index (χ0v) is 13.4. The molecule has 0 radical (unpaired) electrons. The van der Waals surface area contributed by atoms with Crippen molar-refractivity contribution in [3.8, 4) is 5.75 Å². The molecule has 21 heavy (non-hydrogen) atoms. The monoisotopic (exact) mass is 303 g/mol. The van der Waals surface area contributed by atoms with Gasteiger partial charge in [0.15, 0.2) is 0 Å². The van der Waals surface area contributed by atoms with Crippen LogP contribution in [0.15, 0.2) is 41.1 Å². The van der Waals surface area contributed by atoms with Crippen molar-refractivity contribution >= 4 is 17.0 Å². The normalized spacial score (nSPS) is 16.1. The Morgan fingerprint density at radius 2 is 2.00 bits per heavy atom. The fourth-order valence-electron chi connectivity index (χ4n) is 2.92. The molecule has 1 saturated heterocycles. The van der Waals surface area contributed by atoms with Crippen LogP contribution in [0.5, 0.6) is 5.75 Å². The lowest BCUT2D eigenvalue weighted by Crippen LogP contribution is -3.13. The number of rotatable bonds is 5. The first-order chi connectivity index (χ1) is 10.4. The van der Waals surface area contributed by atoms with Gasteiger partial charge >= 0.3 is 0 Å². The third kappa shape index (κ3) is 3.57. The molecule has 3 rings (SSSR count). The number of piperazine rings is 1. The molecule has 0 amide bonds. The summed E-state index contributed by atoms with van der Waals surface area (Å²) in [4.78, 5) is 4.14. The van der Waals surface area contributed by atoms with Crippen molar-refractivity contribution in [2.24, 2.45) is 0 Å². The number of hydrogen-bond donors (Lipinski definition) is 1. The molecule has 0 spiro atoms. The summed E-state index contributed by atoms with van der Waals surface area (Å²) in [5.41, 5.74) is 2.71. The maximum atomic E-state index is 5.76. The quantitative estimate of drug-likeness (QED) is 0.910. The van der Waals surface area contributed by atoms with E-state index in [2.05, 4.69) is 39.9 Å². The van der Waals surface area contributed by atoms with E-state index in [9.17, 15) is 0 Å². The number of para-hydroxylation sites is 2. The van der Waals surface area contributed by atoms with Crippen LogP contribution in [0.4, 0.5) is 5.69 Å². The van der Waals surface area contributed by atoms with Crippen LogP contribution < -0.4 is 14.5 Å².